The number of hydrogen-bond acceptors (Lipinski definition) is 4. The molecule has 6 heteroatoms. The molecule has 2 aromatic rings. The fourth-order valence-corrected chi connectivity index (χ4v) is 4.21. The number of aryl methyl sites for hydroxylation is 1. The molecule has 2 aliphatic rings. The van der Waals surface area contributed by atoms with E-state index in [0.29, 0.717) is 11.9 Å². The highest BCUT2D eigenvalue weighted by Crippen LogP contribution is 2.23. The van der Waals surface area contributed by atoms with Crippen molar-refractivity contribution in [1.29, 1.82) is 0 Å². The van der Waals surface area contributed by atoms with Crippen LogP contribution in [0.3, 0.4) is 0 Å². The first-order valence-corrected chi connectivity index (χ1v) is 9.47. The Kier molecular flexibility index (Phi) is 4.72. The molecule has 0 spiro atoms. The quantitative estimate of drug-likeness (QED) is 0.914. The Morgan fingerprint density at radius 2 is 2.08 bits per heavy atom. The second kappa shape index (κ2) is 7.14. The average molecular weight is 341 g/mol. The predicted molar refractivity (Wildman–Crippen MR) is 98.3 cm³/mol. The summed E-state index contributed by atoms with van der Waals surface area (Å²) in [4.78, 5) is 22.3. The van der Waals surface area contributed by atoms with Gasteiger partial charge in [0.2, 0.25) is 0 Å². The molecule has 0 radical (unpaired) electrons. The number of hydrogen-bond donors (Lipinski definition) is 1. The van der Waals surface area contributed by atoms with E-state index in [9.17, 15) is 4.79 Å². The number of aromatic amines is 1. The lowest BCUT2D eigenvalue weighted by Gasteiger charge is -2.40. The van der Waals surface area contributed by atoms with Crippen molar-refractivity contribution in [3.63, 3.8) is 0 Å². The van der Waals surface area contributed by atoms with Gasteiger partial charge in [-0.1, -0.05) is 13.0 Å². The smallest absolute Gasteiger partial charge is 0.276 e. The van der Waals surface area contributed by atoms with E-state index in [1.807, 2.05) is 18.2 Å². The number of pyridine rings is 1. The van der Waals surface area contributed by atoms with Gasteiger partial charge < -0.3 is 4.90 Å². The lowest BCUT2D eigenvalue weighted by atomic mass is 9.92. The van der Waals surface area contributed by atoms with Gasteiger partial charge in [-0.05, 0) is 44.4 Å². The maximum atomic E-state index is 12.8. The molecule has 25 heavy (non-hydrogen) atoms. The van der Waals surface area contributed by atoms with Crippen LogP contribution >= 0.6 is 0 Å². The molecule has 0 aromatic carbocycles. The van der Waals surface area contributed by atoms with Gasteiger partial charge in [0, 0.05) is 49.7 Å². The largest absolute Gasteiger partial charge is 0.301 e. The van der Waals surface area contributed by atoms with Gasteiger partial charge in [0.05, 0.1) is 0 Å². The van der Waals surface area contributed by atoms with Crippen LogP contribution in [0.2, 0.25) is 0 Å². The Bertz CT molecular complexity index is 758. The van der Waals surface area contributed by atoms with Gasteiger partial charge in [0.1, 0.15) is 0 Å². The van der Waals surface area contributed by atoms with Crippen molar-refractivity contribution in [3.8, 4) is 5.82 Å². The van der Waals surface area contributed by atoms with Gasteiger partial charge in [-0.15, -0.1) is 0 Å². The van der Waals surface area contributed by atoms with Crippen molar-refractivity contribution < 1.29 is 0 Å². The van der Waals surface area contributed by atoms with Crippen molar-refractivity contribution >= 4 is 0 Å². The van der Waals surface area contributed by atoms with Gasteiger partial charge >= 0.3 is 0 Å². The third-order valence-electron chi connectivity index (χ3n) is 5.58. The third kappa shape index (κ3) is 3.28. The van der Waals surface area contributed by atoms with E-state index in [4.69, 9.17) is 0 Å². The summed E-state index contributed by atoms with van der Waals surface area (Å²) >= 11 is 0. The maximum absolute atomic E-state index is 12.8. The lowest BCUT2D eigenvalue weighted by molar-refractivity contribution is 0.0894. The molecular weight excluding hydrogens is 314 g/mol. The zero-order chi connectivity index (χ0) is 17.2. The first kappa shape index (κ1) is 16.5. The number of nitrogens with one attached hydrogen (secondary N) is 1. The zero-order valence-electron chi connectivity index (χ0n) is 14.9. The van der Waals surface area contributed by atoms with Crippen LogP contribution < -0.4 is 5.56 Å². The Balaban J connectivity index is 1.49. The second-order valence-corrected chi connectivity index (χ2v) is 7.17. The standard InChI is InChI=1S/C19H27N5O/c1-2-9-22-10-12-23(13-11-22)15-6-7-17-16(14-15)19(25)24(21-17)18-5-3-4-8-20-18/h3-5,8,15,21H,2,6-7,9-14H2,1H3. The highest BCUT2D eigenvalue weighted by Gasteiger charge is 2.30. The average Bonchev–Trinajstić information content (AvgIpc) is 3.00. The number of rotatable bonds is 4. The van der Waals surface area contributed by atoms with Crippen LogP contribution in [0, 0.1) is 0 Å². The molecule has 1 unspecified atom stereocenters. The molecule has 0 amide bonds. The summed E-state index contributed by atoms with van der Waals surface area (Å²) in [5.41, 5.74) is 2.12. The fraction of sp³-hybridized carbons (Fsp3) is 0.579. The second-order valence-electron chi connectivity index (χ2n) is 7.17. The summed E-state index contributed by atoms with van der Waals surface area (Å²) in [5, 5.41) is 3.28. The Hall–Kier alpha value is -1.92. The van der Waals surface area contributed by atoms with Gasteiger partial charge in [0.25, 0.3) is 5.56 Å². The van der Waals surface area contributed by atoms with Crippen LogP contribution in [0.1, 0.15) is 31.0 Å². The minimum absolute atomic E-state index is 0.0722. The normalized spacial score (nSPS) is 22.0. The van der Waals surface area contributed by atoms with Crippen LogP contribution in [0.15, 0.2) is 29.2 Å². The van der Waals surface area contributed by atoms with E-state index in [2.05, 4.69) is 26.8 Å². The first-order valence-electron chi connectivity index (χ1n) is 9.47. The van der Waals surface area contributed by atoms with Crippen LogP contribution in [-0.4, -0.2) is 63.3 Å². The summed E-state index contributed by atoms with van der Waals surface area (Å²) in [5.74, 6) is 0.673. The molecule has 1 N–H and O–H groups in total. The molecule has 1 fully saturated rings. The number of nitrogens with zero attached hydrogens (tertiary/aromatic N) is 4. The fourth-order valence-electron chi connectivity index (χ4n) is 4.21. The van der Waals surface area contributed by atoms with Gasteiger partial charge in [-0.25, -0.2) is 9.67 Å². The third-order valence-corrected chi connectivity index (χ3v) is 5.58. The molecule has 6 nitrogen and oxygen atoms in total. The summed E-state index contributed by atoms with van der Waals surface area (Å²) in [6.45, 7) is 8.01. The molecule has 1 saturated heterocycles. The molecule has 134 valence electrons. The van der Waals surface area contributed by atoms with Crippen molar-refractivity contribution in [2.75, 3.05) is 32.7 Å². The summed E-state index contributed by atoms with van der Waals surface area (Å²) < 4.78 is 1.60. The topological polar surface area (TPSA) is 57.2 Å². The highest BCUT2D eigenvalue weighted by molar-refractivity contribution is 5.28. The first-order chi connectivity index (χ1) is 12.3. The van der Waals surface area contributed by atoms with Crippen molar-refractivity contribution in [1.82, 2.24) is 24.6 Å². The molecule has 3 heterocycles. The zero-order valence-corrected chi connectivity index (χ0v) is 14.9. The Morgan fingerprint density at radius 3 is 2.80 bits per heavy atom. The number of H-pyrrole nitrogens is 1. The Morgan fingerprint density at radius 1 is 1.24 bits per heavy atom. The van der Waals surface area contributed by atoms with Crippen molar-refractivity contribution in [2.24, 2.45) is 0 Å². The molecule has 0 saturated carbocycles. The highest BCUT2D eigenvalue weighted by atomic mass is 16.1. The van der Waals surface area contributed by atoms with E-state index >= 15 is 0 Å². The molecule has 1 atom stereocenters. The van der Waals surface area contributed by atoms with E-state index in [-0.39, 0.29) is 5.56 Å². The molecule has 1 aliphatic carbocycles. The molecule has 2 aromatic heterocycles. The van der Waals surface area contributed by atoms with Gasteiger partial charge in [-0.3, -0.25) is 14.8 Å². The van der Waals surface area contributed by atoms with Crippen LogP contribution in [0.4, 0.5) is 0 Å². The van der Waals surface area contributed by atoms with Crippen molar-refractivity contribution in [2.45, 2.75) is 38.6 Å². The summed E-state index contributed by atoms with van der Waals surface area (Å²) in [6, 6.07) is 6.14. The van der Waals surface area contributed by atoms with E-state index in [0.717, 1.165) is 56.7 Å². The minimum atomic E-state index is 0.0722. The van der Waals surface area contributed by atoms with Crippen LogP contribution in [0.25, 0.3) is 5.82 Å². The molecule has 1 aliphatic heterocycles. The number of piperazine rings is 1. The lowest BCUT2D eigenvalue weighted by Crippen LogP contribution is -2.52. The van der Waals surface area contributed by atoms with Crippen LogP contribution in [0.5, 0.6) is 0 Å². The van der Waals surface area contributed by atoms with Crippen LogP contribution in [-0.2, 0) is 12.8 Å². The Labute approximate surface area is 148 Å². The van der Waals surface area contributed by atoms with E-state index in [1.54, 1.807) is 10.9 Å². The molecule has 4 rings (SSSR count). The number of fused-ring (bicyclic) bond motifs is 1. The van der Waals surface area contributed by atoms with Gasteiger partial charge in [-0.2, -0.15) is 0 Å². The monoisotopic (exact) mass is 341 g/mol. The SMILES string of the molecule is CCCN1CCN(C2CCc3[nH]n(-c4ccccn4)c(=O)c3C2)CC1. The predicted octanol–water partition coefficient (Wildman–Crippen LogP) is 1.45. The van der Waals surface area contributed by atoms with Gasteiger partial charge in [0.15, 0.2) is 5.82 Å². The molecular formula is C19H27N5O. The summed E-state index contributed by atoms with van der Waals surface area (Å²) in [7, 11) is 0. The molecule has 0 bridgehead atoms. The summed E-state index contributed by atoms with van der Waals surface area (Å²) in [6.07, 6.45) is 5.88. The van der Waals surface area contributed by atoms with Crippen molar-refractivity contribution in [3.05, 3.63) is 46.0 Å². The van der Waals surface area contributed by atoms with E-state index in [1.165, 1.54) is 13.0 Å². The maximum Gasteiger partial charge on any atom is 0.276 e. The van der Waals surface area contributed by atoms with E-state index < -0.39 is 0 Å². The minimum Gasteiger partial charge on any atom is -0.301 e. The number of aromatic nitrogens is 3.